The summed E-state index contributed by atoms with van der Waals surface area (Å²) in [4.78, 5) is 26.7. The normalized spacial score (nSPS) is 20.0. The van der Waals surface area contributed by atoms with Crippen molar-refractivity contribution < 1.29 is 18.8 Å². The van der Waals surface area contributed by atoms with Crippen molar-refractivity contribution in [2.45, 2.75) is 59.1 Å². The van der Waals surface area contributed by atoms with Crippen molar-refractivity contribution in [3.8, 4) is 0 Å². The van der Waals surface area contributed by atoms with Crippen LogP contribution in [0, 0.1) is 12.8 Å². The van der Waals surface area contributed by atoms with E-state index in [1.165, 1.54) is 6.07 Å². The van der Waals surface area contributed by atoms with Crippen LogP contribution < -0.4 is 0 Å². The van der Waals surface area contributed by atoms with Gasteiger partial charge < -0.3 is 14.2 Å². The van der Waals surface area contributed by atoms with Crippen LogP contribution in [0.15, 0.2) is 10.6 Å². The maximum absolute atomic E-state index is 12.7. The number of carbonyl (C=O) groups excluding carboxylic acids is 2. The molecule has 0 aromatic carbocycles. The zero-order chi connectivity index (χ0) is 16.3. The molecule has 1 fully saturated rings. The molecule has 2 atom stereocenters. The predicted molar refractivity (Wildman–Crippen MR) is 80.3 cm³/mol. The number of amides is 1. The van der Waals surface area contributed by atoms with Crippen molar-refractivity contribution in [2.24, 2.45) is 5.92 Å². The summed E-state index contributed by atoms with van der Waals surface area (Å²) >= 11 is 0. The van der Waals surface area contributed by atoms with Gasteiger partial charge in [0, 0.05) is 18.7 Å². The number of aromatic nitrogens is 1. The van der Waals surface area contributed by atoms with Crippen LogP contribution in [0.4, 0.5) is 0 Å². The van der Waals surface area contributed by atoms with E-state index in [-0.39, 0.29) is 23.6 Å². The molecule has 22 heavy (non-hydrogen) atoms. The summed E-state index contributed by atoms with van der Waals surface area (Å²) in [6.07, 6.45) is 2.33. The molecule has 1 aromatic rings. The Morgan fingerprint density at radius 2 is 2.14 bits per heavy atom. The molecule has 2 heterocycles. The fourth-order valence-electron chi connectivity index (χ4n) is 2.69. The monoisotopic (exact) mass is 308 g/mol. The van der Waals surface area contributed by atoms with Gasteiger partial charge in [0.05, 0.1) is 5.69 Å². The predicted octanol–water partition coefficient (Wildman–Crippen LogP) is 2.57. The molecular weight excluding hydrogens is 284 g/mol. The highest BCUT2D eigenvalue weighted by Gasteiger charge is 2.34. The zero-order valence-corrected chi connectivity index (χ0v) is 13.7. The number of nitrogens with zero attached hydrogens (tertiary/aromatic N) is 2. The molecule has 1 aliphatic rings. The highest BCUT2D eigenvalue weighted by molar-refractivity contribution is 5.90. The average molecular weight is 308 g/mol. The number of likely N-dealkylation sites (tertiary alicyclic amines) is 1. The van der Waals surface area contributed by atoms with Crippen LogP contribution in [-0.2, 0) is 9.53 Å². The van der Waals surface area contributed by atoms with E-state index >= 15 is 0 Å². The van der Waals surface area contributed by atoms with E-state index in [2.05, 4.69) is 5.16 Å². The van der Waals surface area contributed by atoms with E-state index in [4.69, 9.17) is 9.26 Å². The number of piperidine rings is 1. The van der Waals surface area contributed by atoms with Crippen molar-refractivity contribution in [1.29, 1.82) is 0 Å². The maximum atomic E-state index is 12.7. The summed E-state index contributed by atoms with van der Waals surface area (Å²) in [5.74, 6) is -0.832. The minimum absolute atomic E-state index is 0.0302. The van der Waals surface area contributed by atoms with Crippen LogP contribution in [-0.4, -0.2) is 40.6 Å². The second kappa shape index (κ2) is 6.94. The molecule has 1 aromatic heterocycles. The fraction of sp³-hybridized carbons (Fsp3) is 0.688. The standard InChI is InChI=1S/C16H24N2O4/c1-10(2)14(15(19)18-8-6-5-7-12(18)4)21-16(20)13-9-11(3)17-22-13/h9-10,12,14H,5-8H2,1-4H3. The highest BCUT2D eigenvalue weighted by atomic mass is 16.6. The molecule has 6 heteroatoms. The first-order valence-corrected chi connectivity index (χ1v) is 7.85. The Bertz CT molecular complexity index is 538. The molecule has 122 valence electrons. The molecule has 0 aliphatic carbocycles. The molecule has 0 spiro atoms. The van der Waals surface area contributed by atoms with E-state index in [0.29, 0.717) is 5.69 Å². The molecule has 1 saturated heterocycles. The molecule has 0 saturated carbocycles. The molecular formula is C16H24N2O4. The minimum Gasteiger partial charge on any atom is -0.446 e. The minimum atomic E-state index is -0.793. The summed E-state index contributed by atoms with van der Waals surface area (Å²) in [6, 6.07) is 1.70. The molecule has 0 N–H and O–H groups in total. The summed E-state index contributed by atoms with van der Waals surface area (Å²) in [5, 5.41) is 3.67. The third kappa shape index (κ3) is 3.67. The van der Waals surface area contributed by atoms with E-state index in [0.717, 1.165) is 25.8 Å². The number of esters is 1. The van der Waals surface area contributed by atoms with Crippen molar-refractivity contribution in [2.75, 3.05) is 6.54 Å². The van der Waals surface area contributed by atoms with Crippen molar-refractivity contribution in [1.82, 2.24) is 10.1 Å². The van der Waals surface area contributed by atoms with Crippen molar-refractivity contribution in [3.63, 3.8) is 0 Å². The number of aryl methyl sites for hydroxylation is 1. The van der Waals surface area contributed by atoms with Gasteiger partial charge in [0.2, 0.25) is 5.76 Å². The Hall–Kier alpha value is -1.85. The van der Waals surface area contributed by atoms with Crippen LogP contribution in [0.1, 0.15) is 56.3 Å². The first-order chi connectivity index (χ1) is 10.4. The number of ether oxygens (including phenoxy) is 1. The van der Waals surface area contributed by atoms with Gasteiger partial charge >= 0.3 is 5.97 Å². The van der Waals surface area contributed by atoms with E-state index in [1.807, 2.05) is 25.7 Å². The van der Waals surface area contributed by atoms with Gasteiger partial charge in [-0.3, -0.25) is 4.79 Å². The maximum Gasteiger partial charge on any atom is 0.377 e. The van der Waals surface area contributed by atoms with Gasteiger partial charge in [-0.1, -0.05) is 19.0 Å². The average Bonchev–Trinajstić information content (AvgIpc) is 2.90. The molecule has 0 bridgehead atoms. The van der Waals surface area contributed by atoms with Gasteiger partial charge in [-0.05, 0) is 39.0 Å². The highest BCUT2D eigenvalue weighted by Crippen LogP contribution is 2.21. The summed E-state index contributed by atoms with van der Waals surface area (Å²) in [6.45, 7) is 8.23. The van der Waals surface area contributed by atoms with Gasteiger partial charge in [-0.15, -0.1) is 0 Å². The molecule has 2 unspecified atom stereocenters. The van der Waals surface area contributed by atoms with E-state index in [1.54, 1.807) is 6.92 Å². The van der Waals surface area contributed by atoms with E-state index in [9.17, 15) is 9.59 Å². The van der Waals surface area contributed by atoms with Gasteiger partial charge in [-0.25, -0.2) is 4.79 Å². The molecule has 1 aliphatic heterocycles. The van der Waals surface area contributed by atoms with Crippen LogP contribution in [0.25, 0.3) is 0 Å². The molecule has 6 nitrogen and oxygen atoms in total. The summed E-state index contributed by atoms with van der Waals surface area (Å²) < 4.78 is 10.3. The van der Waals surface area contributed by atoms with Gasteiger partial charge in [-0.2, -0.15) is 0 Å². The Morgan fingerprint density at radius 3 is 2.68 bits per heavy atom. The van der Waals surface area contributed by atoms with Crippen molar-refractivity contribution >= 4 is 11.9 Å². The topological polar surface area (TPSA) is 72.6 Å². The van der Waals surface area contributed by atoms with Crippen LogP contribution in [0.2, 0.25) is 0 Å². The van der Waals surface area contributed by atoms with Gasteiger partial charge in [0.15, 0.2) is 6.10 Å². The lowest BCUT2D eigenvalue weighted by Crippen LogP contribution is -2.49. The van der Waals surface area contributed by atoms with Gasteiger partial charge in [0.25, 0.3) is 5.91 Å². The number of carbonyl (C=O) groups is 2. The second-order valence-electron chi connectivity index (χ2n) is 6.28. The summed E-state index contributed by atoms with van der Waals surface area (Å²) in [5.41, 5.74) is 0.601. The molecule has 0 radical (unpaired) electrons. The van der Waals surface area contributed by atoms with E-state index < -0.39 is 12.1 Å². The van der Waals surface area contributed by atoms with Gasteiger partial charge in [0.1, 0.15) is 0 Å². The lowest BCUT2D eigenvalue weighted by Gasteiger charge is -2.36. The Kier molecular flexibility index (Phi) is 5.21. The SMILES string of the molecule is Cc1cc(C(=O)OC(C(=O)N2CCCCC2C)C(C)C)on1. The number of rotatable bonds is 4. The number of hydrogen-bond donors (Lipinski definition) is 0. The number of hydrogen-bond acceptors (Lipinski definition) is 5. The largest absolute Gasteiger partial charge is 0.446 e. The van der Waals surface area contributed by atoms with Crippen LogP contribution >= 0.6 is 0 Å². The van der Waals surface area contributed by atoms with Crippen LogP contribution in [0.5, 0.6) is 0 Å². The fourth-order valence-corrected chi connectivity index (χ4v) is 2.69. The third-order valence-electron chi connectivity index (χ3n) is 4.00. The Labute approximate surface area is 130 Å². The smallest absolute Gasteiger partial charge is 0.377 e. The van der Waals surface area contributed by atoms with Crippen LogP contribution in [0.3, 0.4) is 0 Å². The first kappa shape index (κ1) is 16.5. The molecule has 2 rings (SSSR count). The second-order valence-corrected chi connectivity index (χ2v) is 6.28. The molecule has 1 amide bonds. The zero-order valence-electron chi connectivity index (χ0n) is 13.7. The lowest BCUT2D eigenvalue weighted by atomic mass is 10.00. The van der Waals surface area contributed by atoms with Crippen molar-refractivity contribution in [3.05, 3.63) is 17.5 Å². The lowest BCUT2D eigenvalue weighted by molar-refractivity contribution is -0.146. The Balaban J connectivity index is 2.09. The quantitative estimate of drug-likeness (QED) is 0.799. The Morgan fingerprint density at radius 1 is 1.41 bits per heavy atom. The third-order valence-corrected chi connectivity index (χ3v) is 4.00. The summed E-state index contributed by atoms with van der Waals surface area (Å²) in [7, 11) is 0. The first-order valence-electron chi connectivity index (χ1n) is 7.85.